The first-order valence-corrected chi connectivity index (χ1v) is 7.60. The van der Waals surface area contributed by atoms with E-state index in [0.717, 1.165) is 10.8 Å². The molecular formula is C18H12FN3O4. The van der Waals surface area contributed by atoms with Crippen LogP contribution in [0.5, 0.6) is 5.88 Å². The highest BCUT2D eigenvalue weighted by Gasteiger charge is 2.18. The van der Waals surface area contributed by atoms with E-state index in [1.54, 1.807) is 12.3 Å². The summed E-state index contributed by atoms with van der Waals surface area (Å²) < 4.78 is 20.1. The minimum absolute atomic E-state index is 0.0137. The monoisotopic (exact) mass is 353 g/mol. The first-order chi connectivity index (χ1) is 12.5. The molecule has 0 radical (unpaired) electrons. The van der Waals surface area contributed by atoms with E-state index in [9.17, 15) is 19.1 Å². The minimum atomic E-state index is -1.26. The molecule has 2 N–H and O–H groups in total. The number of aromatic nitrogens is 3. The van der Waals surface area contributed by atoms with Crippen molar-refractivity contribution in [3.8, 4) is 11.6 Å². The summed E-state index contributed by atoms with van der Waals surface area (Å²) in [6, 6.07) is 7.09. The van der Waals surface area contributed by atoms with Gasteiger partial charge in [0.05, 0.1) is 29.2 Å². The Labute approximate surface area is 145 Å². The number of methoxy groups -OCH3 is 1. The van der Waals surface area contributed by atoms with Gasteiger partial charge in [0.25, 0.3) is 5.56 Å². The highest BCUT2D eigenvalue weighted by molar-refractivity contribution is 6.01. The Morgan fingerprint density at radius 1 is 1.27 bits per heavy atom. The second-order valence-corrected chi connectivity index (χ2v) is 5.64. The Kier molecular flexibility index (Phi) is 3.47. The highest BCUT2D eigenvalue weighted by Crippen LogP contribution is 2.25. The van der Waals surface area contributed by atoms with Gasteiger partial charge in [0.2, 0.25) is 5.88 Å². The summed E-state index contributed by atoms with van der Waals surface area (Å²) in [6.45, 7) is 0. The Bertz CT molecular complexity index is 1240. The molecule has 0 saturated carbocycles. The van der Waals surface area contributed by atoms with Crippen molar-refractivity contribution >= 4 is 27.8 Å². The molecule has 0 aliphatic carbocycles. The molecule has 3 heterocycles. The largest absolute Gasteiger partial charge is 0.481 e. The Balaban J connectivity index is 2.14. The van der Waals surface area contributed by atoms with Crippen LogP contribution in [0.2, 0.25) is 0 Å². The van der Waals surface area contributed by atoms with Gasteiger partial charge in [-0.3, -0.25) is 9.36 Å². The second-order valence-electron chi connectivity index (χ2n) is 5.64. The average Bonchev–Trinajstić information content (AvgIpc) is 3.09. The molecule has 8 heteroatoms. The van der Waals surface area contributed by atoms with Gasteiger partial charge < -0.3 is 14.8 Å². The SMILES string of the molecule is COc1ccc2c(=O)n(-c3cc(F)cc4[nH]ccc34)cc(C(=O)O)c2n1. The zero-order valence-electron chi connectivity index (χ0n) is 13.5. The molecule has 4 aromatic rings. The van der Waals surface area contributed by atoms with Crippen molar-refractivity contribution in [2.45, 2.75) is 0 Å². The van der Waals surface area contributed by atoms with Gasteiger partial charge in [-0.1, -0.05) is 0 Å². The number of carboxylic acids is 1. The summed E-state index contributed by atoms with van der Waals surface area (Å²) >= 11 is 0. The van der Waals surface area contributed by atoms with Crippen molar-refractivity contribution in [3.63, 3.8) is 0 Å². The molecule has 0 spiro atoms. The molecule has 1 aromatic carbocycles. The van der Waals surface area contributed by atoms with Crippen LogP contribution in [0.3, 0.4) is 0 Å². The molecule has 0 amide bonds. The van der Waals surface area contributed by atoms with E-state index in [1.165, 1.54) is 31.4 Å². The number of hydrogen-bond donors (Lipinski definition) is 2. The minimum Gasteiger partial charge on any atom is -0.481 e. The lowest BCUT2D eigenvalue weighted by Crippen LogP contribution is -2.21. The van der Waals surface area contributed by atoms with E-state index in [2.05, 4.69) is 9.97 Å². The quantitative estimate of drug-likeness (QED) is 0.590. The molecule has 26 heavy (non-hydrogen) atoms. The molecule has 0 bridgehead atoms. The second kappa shape index (κ2) is 5.69. The summed E-state index contributed by atoms with van der Waals surface area (Å²) in [5, 5.41) is 10.2. The topological polar surface area (TPSA) is 97.2 Å². The number of aromatic amines is 1. The number of H-pyrrole nitrogens is 1. The molecular weight excluding hydrogens is 341 g/mol. The predicted octanol–water partition coefficient (Wildman–Crippen LogP) is 2.71. The van der Waals surface area contributed by atoms with Crippen LogP contribution in [-0.4, -0.2) is 32.7 Å². The van der Waals surface area contributed by atoms with Gasteiger partial charge >= 0.3 is 5.97 Å². The standard InChI is InChI=1S/C18H12FN3O4/c1-26-15-3-2-11-16(21-15)12(18(24)25)8-22(17(11)23)14-7-9(19)6-13-10(14)4-5-20-13/h2-8,20H,1H3,(H,24,25). The molecule has 0 aliphatic rings. The van der Waals surface area contributed by atoms with Crippen LogP contribution < -0.4 is 10.3 Å². The number of ether oxygens (including phenoxy) is 1. The molecule has 0 fully saturated rings. The number of rotatable bonds is 3. The zero-order chi connectivity index (χ0) is 18.4. The van der Waals surface area contributed by atoms with Crippen molar-refractivity contribution in [2.75, 3.05) is 7.11 Å². The fourth-order valence-electron chi connectivity index (χ4n) is 2.96. The third-order valence-corrected chi connectivity index (χ3v) is 4.14. The summed E-state index contributed by atoms with van der Waals surface area (Å²) in [5.74, 6) is -1.62. The Morgan fingerprint density at radius 3 is 2.81 bits per heavy atom. The normalized spacial score (nSPS) is 11.2. The average molecular weight is 353 g/mol. The third kappa shape index (κ3) is 2.31. The number of halogens is 1. The molecule has 0 saturated heterocycles. The molecule has 0 atom stereocenters. The van der Waals surface area contributed by atoms with Crippen LogP contribution in [-0.2, 0) is 0 Å². The number of hydrogen-bond acceptors (Lipinski definition) is 4. The summed E-state index contributed by atoms with van der Waals surface area (Å²) in [4.78, 5) is 31.6. The van der Waals surface area contributed by atoms with E-state index in [4.69, 9.17) is 4.74 Å². The summed E-state index contributed by atoms with van der Waals surface area (Å²) in [5.41, 5.74) is 0.0581. The molecule has 0 aliphatic heterocycles. The first-order valence-electron chi connectivity index (χ1n) is 7.60. The zero-order valence-corrected chi connectivity index (χ0v) is 13.5. The Morgan fingerprint density at radius 2 is 2.08 bits per heavy atom. The number of fused-ring (bicyclic) bond motifs is 2. The summed E-state index contributed by atoms with van der Waals surface area (Å²) in [6.07, 6.45) is 2.77. The lowest BCUT2D eigenvalue weighted by Gasteiger charge is -2.12. The van der Waals surface area contributed by atoms with Gasteiger partial charge in [-0.15, -0.1) is 0 Å². The molecule has 3 aromatic heterocycles. The van der Waals surface area contributed by atoms with E-state index in [0.29, 0.717) is 10.9 Å². The van der Waals surface area contributed by atoms with Gasteiger partial charge in [0.15, 0.2) is 0 Å². The smallest absolute Gasteiger partial charge is 0.339 e. The van der Waals surface area contributed by atoms with Gasteiger partial charge in [-0.05, 0) is 24.3 Å². The highest BCUT2D eigenvalue weighted by atomic mass is 19.1. The maximum atomic E-state index is 14.0. The van der Waals surface area contributed by atoms with Gasteiger partial charge in [0.1, 0.15) is 11.4 Å². The Hall–Kier alpha value is -3.68. The van der Waals surface area contributed by atoms with Crippen LogP contribution in [0.25, 0.3) is 27.5 Å². The lowest BCUT2D eigenvalue weighted by atomic mass is 10.1. The van der Waals surface area contributed by atoms with Gasteiger partial charge in [0, 0.05) is 23.8 Å². The predicted molar refractivity (Wildman–Crippen MR) is 92.7 cm³/mol. The fraction of sp³-hybridized carbons (Fsp3) is 0.0556. The third-order valence-electron chi connectivity index (χ3n) is 4.14. The van der Waals surface area contributed by atoms with E-state index in [-0.39, 0.29) is 28.0 Å². The maximum Gasteiger partial charge on any atom is 0.339 e. The van der Waals surface area contributed by atoms with Crippen molar-refractivity contribution < 1.29 is 19.0 Å². The van der Waals surface area contributed by atoms with Gasteiger partial charge in [-0.25, -0.2) is 14.2 Å². The lowest BCUT2D eigenvalue weighted by molar-refractivity contribution is 0.0698. The molecule has 0 unspecified atom stereocenters. The molecule has 4 rings (SSSR count). The number of carbonyl (C=O) groups is 1. The number of pyridine rings is 2. The van der Waals surface area contributed by atoms with Crippen LogP contribution in [0.1, 0.15) is 10.4 Å². The number of carboxylic acid groups (broad SMARTS) is 1. The van der Waals surface area contributed by atoms with Crippen LogP contribution in [0, 0.1) is 5.82 Å². The van der Waals surface area contributed by atoms with E-state index >= 15 is 0 Å². The number of nitrogens with one attached hydrogen (secondary N) is 1. The first kappa shape index (κ1) is 15.8. The molecule has 130 valence electrons. The van der Waals surface area contributed by atoms with Crippen molar-refractivity contribution in [1.29, 1.82) is 0 Å². The van der Waals surface area contributed by atoms with Gasteiger partial charge in [-0.2, -0.15) is 0 Å². The van der Waals surface area contributed by atoms with E-state index < -0.39 is 17.3 Å². The van der Waals surface area contributed by atoms with Crippen LogP contribution in [0.4, 0.5) is 4.39 Å². The van der Waals surface area contributed by atoms with Crippen LogP contribution >= 0.6 is 0 Å². The maximum absolute atomic E-state index is 14.0. The number of nitrogens with zero attached hydrogens (tertiary/aromatic N) is 2. The molecule has 7 nitrogen and oxygen atoms in total. The van der Waals surface area contributed by atoms with Crippen LogP contribution in [0.15, 0.2) is 47.5 Å². The number of aromatic carboxylic acids is 1. The van der Waals surface area contributed by atoms with Crippen molar-refractivity contribution in [3.05, 3.63) is 64.5 Å². The summed E-state index contributed by atoms with van der Waals surface area (Å²) in [7, 11) is 1.39. The van der Waals surface area contributed by atoms with Crippen molar-refractivity contribution in [2.24, 2.45) is 0 Å². The fourth-order valence-corrected chi connectivity index (χ4v) is 2.96. The van der Waals surface area contributed by atoms with E-state index in [1.807, 2.05) is 0 Å². The number of benzene rings is 1. The van der Waals surface area contributed by atoms with Crippen molar-refractivity contribution in [1.82, 2.24) is 14.5 Å².